The monoisotopic (exact) mass is 286 g/mol. The van der Waals surface area contributed by atoms with Crippen molar-refractivity contribution in [3.05, 3.63) is 29.8 Å². The van der Waals surface area contributed by atoms with Crippen LogP contribution >= 0.6 is 0 Å². The molecule has 2 atom stereocenters. The van der Waals surface area contributed by atoms with Crippen LogP contribution in [0.15, 0.2) is 24.3 Å². The van der Waals surface area contributed by atoms with Crippen LogP contribution in [0.25, 0.3) is 0 Å². The van der Waals surface area contributed by atoms with Gasteiger partial charge in [0.2, 0.25) is 0 Å². The lowest BCUT2D eigenvalue weighted by Crippen LogP contribution is -2.36. The lowest BCUT2D eigenvalue weighted by Gasteiger charge is -2.30. The lowest BCUT2D eigenvalue weighted by molar-refractivity contribution is 0.279. The van der Waals surface area contributed by atoms with Gasteiger partial charge in [-0.2, -0.15) is 0 Å². The zero-order chi connectivity index (χ0) is 14.5. The van der Waals surface area contributed by atoms with Crippen molar-refractivity contribution in [1.29, 1.82) is 0 Å². The first-order valence-electron chi connectivity index (χ1n) is 8.90. The van der Waals surface area contributed by atoms with Crippen LogP contribution in [0.3, 0.4) is 0 Å². The van der Waals surface area contributed by atoms with E-state index >= 15 is 0 Å². The van der Waals surface area contributed by atoms with Gasteiger partial charge in [0, 0.05) is 31.4 Å². The largest absolute Gasteiger partial charge is 0.372 e. The lowest BCUT2D eigenvalue weighted by atomic mass is 9.86. The second kappa shape index (κ2) is 7.31. The summed E-state index contributed by atoms with van der Waals surface area (Å²) in [6.45, 7) is 5.89. The van der Waals surface area contributed by atoms with Crippen LogP contribution < -0.4 is 10.2 Å². The van der Waals surface area contributed by atoms with E-state index in [0.29, 0.717) is 0 Å². The van der Waals surface area contributed by atoms with Gasteiger partial charge in [0.1, 0.15) is 0 Å². The van der Waals surface area contributed by atoms with E-state index in [1.54, 1.807) is 0 Å². The number of nitrogens with zero attached hydrogens (tertiary/aromatic N) is 1. The Bertz CT molecular complexity index is 420. The Labute approximate surface area is 129 Å². The van der Waals surface area contributed by atoms with Gasteiger partial charge < -0.3 is 10.2 Å². The summed E-state index contributed by atoms with van der Waals surface area (Å²) in [7, 11) is 0. The molecule has 2 nitrogen and oxygen atoms in total. The number of benzene rings is 1. The molecule has 2 aliphatic rings. The molecule has 0 radical (unpaired) electrons. The molecule has 21 heavy (non-hydrogen) atoms. The van der Waals surface area contributed by atoms with Gasteiger partial charge in [-0.3, -0.25) is 0 Å². The van der Waals surface area contributed by atoms with E-state index in [9.17, 15) is 0 Å². The average Bonchev–Trinajstić information content (AvgIpc) is 2.55. The van der Waals surface area contributed by atoms with Gasteiger partial charge in [-0.25, -0.2) is 0 Å². The summed E-state index contributed by atoms with van der Waals surface area (Å²) in [5.41, 5.74) is 2.83. The van der Waals surface area contributed by atoms with E-state index in [1.165, 1.54) is 69.3 Å². The van der Waals surface area contributed by atoms with E-state index in [2.05, 4.69) is 41.4 Å². The molecule has 2 heteroatoms. The Morgan fingerprint density at radius 1 is 0.952 bits per heavy atom. The van der Waals surface area contributed by atoms with Crippen LogP contribution in [-0.2, 0) is 6.54 Å². The fraction of sp³-hybridized carbons (Fsp3) is 0.684. The maximum Gasteiger partial charge on any atom is 0.0366 e. The molecule has 1 N–H and O–H groups in total. The van der Waals surface area contributed by atoms with E-state index in [0.717, 1.165) is 18.5 Å². The smallest absolute Gasteiger partial charge is 0.0366 e. The molecule has 0 spiro atoms. The van der Waals surface area contributed by atoms with Crippen molar-refractivity contribution in [2.75, 3.05) is 18.0 Å². The van der Waals surface area contributed by atoms with Crippen molar-refractivity contribution in [3.63, 3.8) is 0 Å². The van der Waals surface area contributed by atoms with E-state index in [4.69, 9.17) is 0 Å². The minimum Gasteiger partial charge on any atom is -0.372 e. The van der Waals surface area contributed by atoms with E-state index in [-0.39, 0.29) is 0 Å². The Morgan fingerprint density at radius 2 is 1.67 bits per heavy atom. The maximum atomic E-state index is 3.77. The molecular formula is C19H30N2. The molecule has 1 aromatic carbocycles. The molecule has 2 unspecified atom stereocenters. The first kappa shape index (κ1) is 14.9. The quantitative estimate of drug-likeness (QED) is 0.885. The van der Waals surface area contributed by atoms with Crippen LogP contribution in [0, 0.1) is 5.92 Å². The predicted octanol–water partition coefficient (Wildman–Crippen LogP) is 4.35. The molecule has 0 aromatic heterocycles. The van der Waals surface area contributed by atoms with Gasteiger partial charge in [0.15, 0.2) is 0 Å². The SMILES string of the molecule is CC1CCCCC1NCc1ccc(N2CCCCC2)cc1. The highest BCUT2D eigenvalue weighted by Gasteiger charge is 2.20. The number of rotatable bonds is 4. The molecule has 1 heterocycles. The molecule has 116 valence electrons. The van der Waals surface area contributed by atoms with Gasteiger partial charge in [-0.15, -0.1) is 0 Å². The molecule has 1 saturated heterocycles. The van der Waals surface area contributed by atoms with Crippen molar-refractivity contribution in [2.45, 2.75) is 64.5 Å². The highest BCUT2D eigenvalue weighted by atomic mass is 15.1. The third-order valence-electron chi connectivity index (χ3n) is 5.34. The molecule has 1 saturated carbocycles. The van der Waals surface area contributed by atoms with Gasteiger partial charge in [0.25, 0.3) is 0 Å². The summed E-state index contributed by atoms with van der Waals surface area (Å²) in [5.74, 6) is 0.839. The molecule has 0 bridgehead atoms. The van der Waals surface area contributed by atoms with Crippen LogP contribution in [0.4, 0.5) is 5.69 Å². The van der Waals surface area contributed by atoms with Crippen LogP contribution in [0.1, 0.15) is 57.4 Å². The Hall–Kier alpha value is -1.02. The van der Waals surface area contributed by atoms with Gasteiger partial charge in [0.05, 0.1) is 0 Å². The van der Waals surface area contributed by atoms with Crippen molar-refractivity contribution in [3.8, 4) is 0 Å². The van der Waals surface area contributed by atoms with Crippen molar-refractivity contribution < 1.29 is 0 Å². The molecule has 2 fully saturated rings. The van der Waals surface area contributed by atoms with Crippen LogP contribution in [-0.4, -0.2) is 19.1 Å². The topological polar surface area (TPSA) is 15.3 Å². The fourth-order valence-electron chi connectivity index (χ4n) is 3.85. The summed E-state index contributed by atoms with van der Waals surface area (Å²) in [6, 6.07) is 9.97. The normalized spacial score (nSPS) is 26.8. The molecular weight excluding hydrogens is 256 g/mol. The number of anilines is 1. The van der Waals surface area contributed by atoms with Gasteiger partial charge >= 0.3 is 0 Å². The summed E-state index contributed by atoms with van der Waals surface area (Å²) in [5, 5.41) is 3.77. The molecule has 1 aromatic rings. The molecule has 3 rings (SSSR count). The molecule has 0 amide bonds. The van der Waals surface area contributed by atoms with Crippen LogP contribution in [0.5, 0.6) is 0 Å². The standard InChI is InChI=1S/C19H30N2/c1-16-7-3-4-8-19(16)20-15-17-9-11-18(12-10-17)21-13-5-2-6-14-21/h9-12,16,19-20H,2-8,13-15H2,1H3. The zero-order valence-electron chi connectivity index (χ0n) is 13.5. The summed E-state index contributed by atoms with van der Waals surface area (Å²) in [6.07, 6.45) is 9.67. The highest BCUT2D eigenvalue weighted by Crippen LogP contribution is 2.24. The molecule has 1 aliphatic heterocycles. The van der Waals surface area contributed by atoms with E-state index < -0.39 is 0 Å². The molecule has 1 aliphatic carbocycles. The minimum absolute atomic E-state index is 0.723. The number of hydrogen-bond acceptors (Lipinski definition) is 2. The Balaban J connectivity index is 1.52. The summed E-state index contributed by atoms with van der Waals surface area (Å²) < 4.78 is 0. The van der Waals surface area contributed by atoms with Gasteiger partial charge in [-0.1, -0.05) is 31.9 Å². The van der Waals surface area contributed by atoms with E-state index in [1.807, 2.05) is 0 Å². The fourth-order valence-corrected chi connectivity index (χ4v) is 3.85. The van der Waals surface area contributed by atoms with Crippen molar-refractivity contribution in [2.24, 2.45) is 5.92 Å². The summed E-state index contributed by atoms with van der Waals surface area (Å²) >= 11 is 0. The Morgan fingerprint density at radius 3 is 2.38 bits per heavy atom. The first-order valence-corrected chi connectivity index (χ1v) is 8.90. The van der Waals surface area contributed by atoms with Crippen molar-refractivity contribution >= 4 is 5.69 Å². The number of nitrogens with one attached hydrogen (secondary N) is 1. The van der Waals surface area contributed by atoms with Gasteiger partial charge in [-0.05, 0) is 55.7 Å². The average molecular weight is 286 g/mol. The predicted molar refractivity (Wildman–Crippen MR) is 90.8 cm³/mol. The number of piperidine rings is 1. The van der Waals surface area contributed by atoms with Crippen LogP contribution in [0.2, 0.25) is 0 Å². The second-order valence-corrected chi connectivity index (χ2v) is 6.96. The summed E-state index contributed by atoms with van der Waals surface area (Å²) in [4.78, 5) is 2.53. The zero-order valence-corrected chi connectivity index (χ0v) is 13.5. The third-order valence-corrected chi connectivity index (χ3v) is 5.34. The third kappa shape index (κ3) is 4.00. The second-order valence-electron chi connectivity index (χ2n) is 6.96. The first-order chi connectivity index (χ1) is 10.3. The maximum absolute atomic E-state index is 3.77. The minimum atomic E-state index is 0.723. The van der Waals surface area contributed by atoms with Crippen molar-refractivity contribution in [1.82, 2.24) is 5.32 Å². The highest BCUT2D eigenvalue weighted by molar-refractivity contribution is 5.47. The Kier molecular flexibility index (Phi) is 5.18. The number of hydrogen-bond donors (Lipinski definition) is 1.